The third-order valence-electron chi connectivity index (χ3n) is 3.58. The molecule has 0 aliphatic carbocycles. The fraction of sp³-hybridized carbons (Fsp3) is 0.176. The van der Waals surface area contributed by atoms with E-state index in [4.69, 9.17) is 0 Å². The molecular weight excluding hydrogens is 292 g/mol. The summed E-state index contributed by atoms with van der Waals surface area (Å²) in [7, 11) is 0. The summed E-state index contributed by atoms with van der Waals surface area (Å²) in [4.78, 5) is 12.1. The van der Waals surface area contributed by atoms with Crippen LogP contribution < -0.4 is 10.6 Å². The van der Waals surface area contributed by atoms with Crippen molar-refractivity contribution in [3.63, 3.8) is 0 Å². The van der Waals surface area contributed by atoms with Gasteiger partial charge in [0, 0.05) is 11.1 Å². The van der Waals surface area contributed by atoms with Crippen LogP contribution in [0.2, 0.25) is 0 Å². The van der Waals surface area contributed by atoms with Crippen molar-refractivity contribution in [1.82, 2.24) is 15.5 Å². The van der Waals surface area contributed by atoms with Gasteiger partial charge in [-0.05, 0) is 30.2 Å². The molecular formula is C17H18N4O2. The molecule has 1 aromatic heterocycles. The third kappa shape index (κ3) is 3.87. The molecule has 0 aliphatic heterocycles. The summed E-state index contributed by atoms with van der Waals surface area (Å²) in [5.41, 5.74) is 2.65. The van der Waals surface area contributed by atoms with Crippen molar-refractivity contribution in [3.05, 3.63) is 60.3 Å². The van der Waals surface area contributed by atoms with Crippen LogP contribution in [-0.2, 0) is 6.42 Å². The van der Waals surface area contributed by atoms with Crippen molar-refractivity contribution in [2.45, 2.75) is 12.5 Å². The van der Waals surface area contributed by atoms with E-state index in [2.05, 4.69) is 20.8 Å². The summed E-state index contributed by atoms with van der Waals surface area (Å²) in [6, 6.07) is 14.5. The van der Waals surface area contributed by atoms with Crippen molar-refractivity contribution in [3.8, 4) is 0 Å². The van der Waals surface area contributed by atoms with E-state index in [0.717, 1.165) is 16.5 Å². The molecule has 2 aromatic carbocycles. The van der Waals surface area contributed by atoms with Gasteiger partial charge in [-0.15, -0.1) is 0 Å². The van der Waals surface area contributed by atoms with E-state index in [1.165, 1.54) is 0 Å². The molecule has 0 aliphatic rings. The van der Waals surface area contributed by atoms with E-state index in [-0.39, 0.29) is 18.7 Å². The summed E-state index contributed by atoms with van der Waals surface area (Å²) in [5.74, 6) is 0. The largest absolute Gasteiger partial charge is 0.394 e. The second-order valence-electron chi connectivity index (χ2n) is 5.34. The number of aliphatic hydroxyl groups excluding tert-OH is 1. The Hall–Kier alpha value is -2.86. The maximum absolute atomic E-state index is 12.1. The fourth-order valence-electron chi connectivity index (χ4n) is 2.43. The van der Waals surface area contributed by atoms with Gasteiger partial charge in [0.15, 0.2) is 0 Å². The lowest BCUT2D eigenvalue weighted by molar-refractivity contribution is 0.224. The van der Waals surface area contributed by atoms with Crippen LogP contribution in [0.15, 0.2) is 54.7 Å². The molecule has 3 aromatic rings. The molecule has 0 fully saturated rings. The summed E-state index contributed by atoms with van der Waals surface area (Å²) < 4.78 is 0. The molecule has 1 atom stereocenters. The number of amides is 2. The van der Waals surface area contributed by atoms with Crippen LogP contribution in [0.1, 0.15) is 5.56 Å². The summed E-state index contributed by atoms with van der Waals surface area (Å²) in [5, 5.41) is 22.7. The number of fused-ring (bicyclic) bond motifs is 1. The van der Waals surface area contributed by atoms with Crippen molar-refractivity contribution in [2.24, 2.45) is 0 Å². The topological polar surface area (TPSA) is 90.0 Å². The number of benzene rings is 2. The molecule has 1 unspecified atom stereocenters. The highest BCUT2D eigenvalue weighted by Gasteiger charge is 2.12. The molecule has 0 saturated heterocycles. The smallest absolute Gasteiger partial charge is 0.319 e. The SMILES string of the molecule is O=C(Nc1ccc2[nH]ncc2c1)NC(CO)Cc1ccccc1. The molecule has 23 heavy (non-hydrogen) atoms. The lowest BCUT2D eigenvalue weighted by Gasteiger charge is -2.17. The number of aromatic nitrogens is 2. The number of rotatable bonds is 5. The Balaban J connectivity index is 1.60. The number of carbonyl (C=O) groups is 1. The van der Waals surface area contributed by atoms with Crippen LogP contribution in [0.3, 0.4) is 0 Å². The molecule has 6 nitrogen and oxygen atoms in total. The molecule has 0 radical (unpaired) electrons. The number of hydrogen-bond donors (Lipinski definition) is 4. The Labute approximate surface area is 133 Å². The highest BCUT2D eigenvalue weighted by atomic mass is 16.3. The second kappa shape index (κ2) is 6.93. The first-order valence-electron chi connectivity index (χ1n) is 7.40. The van der Waals surface area contributed by atoms with Gasteiger partial charge in [-0.25, -0.2) is 4.79 Å². The summed E-state index contributed by atoms with van der Waals surface area (Å²) in [6.07, 6.45) is 2.27. The molecule has 3 rings (SSSR count). The number of aromatic amines is 1. The zero-order valence-corrected chi connectivity index (χ0v) is 12.5. The predicted octanol–water partition coefficient (Wildman–Crippen LogP) is 2.29. The molecule has 0 saturated carbocycles. The molecule has 1 heterocycles. The Morgan fingerprint density at radius 1 is 1.22 bits per heavy atom. The second-order valence-corrected chi connectivity index (χ2v) is 5.34. The lowest BCUT2D eigenvalue weighted by atomic mass is 10.1. The quantitative estimate of drug-likeness (QED) is 0.583. The van der Waals surface area contributed by atoms with Crippen LogP contribution in [0.5, 0.6) is 0 Å². The van der Waals surface area contributed by atoms with Gasteiger partial charge in [-0.1, -0.05) is 30.3 Å². The number of H-pyrrole nitrogens is 1. The van der Waals surface area contributed by atoms with Gasteiger partial charge in [0.05, 0.1) is 24.4 Å². The minimum absolute atomic E-state index is 0.122. The van der Waals surface area contributed by atoms with E-state index < -0.39 is 0 Å². The van der Waals surface area contributed by atoms with Crippen LogP contribution >= 0.6 is 0 Å². The maximum atomic E-state index is 12.1. The fourth-order valence-corrected chi connectivity index (χ4v) is 2.43. The first kappa shape index (κ1) is 15.1. The van der Waals surface area contributed by atoms with Gasteiger partial charge < -0.3 is 15.7 Å². The number of hydrogen-bond acceptors (Lipinski definition) is 3. The van der Waals surface area contributed by atoms with E-state index in [1.807, 2.05) is 42.5 Å². The van der Waals surface area contributed by atoms with E-state index >= 15 is 0 Å². The average molecular weight is 310 g/mol. The summed E-state index contributed by atoms with van der Waals surface area (Å²) >= 11 is 0. The van der Waals surface area contributed by atoms with Crippen LogP contribution in [-0.4, -0.2) is 34.0 Å². The maximum Gasteiger partial charge on any atom is 0.319 e. The normalized spacial score (nSPS) is 12.0. The average Bonchev–Trinajstić information content (AvgIpc) is 3.02. The zero-order chi connectivity index (χ0) is 16.1. The number of carbonyl (C=O) groups excluding carboxylic acids is 1. The van der Waals surface area contributed by atoms with E-state index in [1.54, 1.807) is 12.3 Å². The van der Waals surface area contributed by atoms with Crippen molar-refractivity contribution >= 4 is 22.6 Å². The monoisotopic (exact) mass is 310 g/mol. The highest BCUT2D eigenvalue weighted by Crippen LogP contribution is 2.16. The number of anilines is 1. The number of aliphatic hydroxyl groups is 1. The third-order valence-corrected chi connectivity index (χ3v) is 3.58. The lowest BCUT2D eigenvalue weighted by Crippen LogP contribution is -2.41. The molecule has 0 spiro atoms. The van der Waals surface area contributed by atoms with Gasteiger partial charge in [0.25, 0.3) is 0 Å². The van der Waals surface area contributed by atoms with Gasteiger partial charge in [0.1, 0.15) is 0 Å². The Morgan fingerprint density at radius 3 is 2.83 bits per heavy atom. The molecule has 4 N–H and O–H groups in total. The zero-order valence-electron chi connectivity index (χ0n) is 12.5. The van der Waals surface area contributed by atoms with Crippen LogP contribution in [0, 0.1) is 0 Å². The predicted molar refractivity (Wildman–Crippen MR) is 89.3 cm³/mol. The Morgan fingerprint density at radius 2 is 2.04 bits per heavy atom. The minimum atomic E-state index is -0.345. The first-order chi connectivity index (χ1) is 11.2. The Bertz CT molecular complexity index is 785. The van der Waals surface area contributed by atoms with Gasteiger partial charge >= 0.3 is 6.03 Å². The van der Waals surface area contributed by atoms with Crippen LogP contribution in [0.4, 0.5) is 10.5 Å². The number of urea groups is 1. The Kier molecular flexibility index (Phi) is 4.54. The standard InChI is InChI=1S/C17H18N4O2/c22-11-15(8-12-4-2-1-3-5-12)20-17(23)19-14-6-7-16-13(9-14)10-18-21-16/h1-7,9-10,15,22H,8,11H2,(H,18,21)(H2,19,20,23). The molecule has 6 heteroatoms. The first-order valence-corrected chi connectivity index (χ1v) is 7.40. The van der Waals surface area contributed by atoms with Gasteiger partial charge in [-0.2, -0.15) is 5.10 Å². The molecule has 0 bridgehead atoms. The number of nitrogens with zero attached hydrogens (tertiary/aromatic N) is 1. The van der Waals surface area contributed by atoms with E-state index in [0.29, 0.717) is 12.1 Å². The van der Waals surface area contributed by atoms with Crippen molar-refractivity contribution < 1.29 is 9.90 Å². The molecule has 118 valence electrons. The molecule has 2 amide bonds. The van der Waals surface area contributed by atoms with Crippen LogP contribution in [0.25, 0.3) is 10.9 Å². The van der Waals surface area contributed by atoms with E-state index in [9.17, 15) is 9.90 Å². The van der Waals surface area contributed by atoms with Gasteiger partial charge in [-0.3, -0.25) is 5.10 Å². The van der Waals surface area contributed by atoms with Crippen molar-refractivity contribution in [1.29, 1.82) is 0 Å². The minimum Gasteiger partial charge on any atom is -0.394 e. The summed E-state index contributed by atoms with van der Waals surface area (Å²) in [6.45, 7) is -0.122. The highest BCUT2D eigenvalue weighted by molar-refractivity contribution is 5.92. The number of nitrogens with one attached hydrogen (secondary N) is 3. The van der Waals surface area contributed by atoms with Crippen molar-refractivity contribution in [2.75, 3.05) is 11.9 Å². The van der Waals surface area contributed by atoms with Gasteiger partial charge in [0.2, 0.25) is 0 Å².